The summed E-state index contributed by atoms with van der Waals surface area (Å²) in [4.78, 5) is 25.8. The molecule has 5 nitrogen and oxygen atoms in total. The van der Waals surface area contributed by atoms with Crippen molar-refractivity contribution in [3.8, 4) is 0 Å². The maximum absolute atomic E-state index is 12.7. The molecular formula is C17H19NO4. The highest BCUT2D eigenvalue weighted by Crippen LogP contribution is 2.49. The van der Waals surface area contributed by atoms with Crippen LogP contribution in [0.3, 0.4) is 0 Å². The lowest BCUT2D eigenvalue weighted by molar-refractivity contribution is -0.164. The second-order valence-electron chi connectivity index (χ2n) is 6.61. The van der Waals surface area contributed by atoms with Crippen molar-refractivity contribution in [2.24, 2.45) is 5.41 Å². The van der Waals surface area contributed by atoms with Crippen LogP contribution in [0.5, 0.6) is 0 Å². The Kier molecular flexibility index (Phi) is 2.85. The standard InChI is InChI=1S/C17H19NO4/c19-14(16(7-8-16)15(20)21)18-9-10-22-17(11-18)6-5-12-3-1-2-4-13(12)17/h1-4H,5-11H2,(H,20,21)/t17-/m1/s1. The average molecular weight is 301 g/mol. The molecule has 1 saturated carbocycles. The maximum atomic E-state index is 12.7. The molecular weight excluding hydrogens is 282 g/mol. The minimum Gasteiger partial charge on any atom is -0.480 e. The van der Waals surface area contributed by atoms with Crippen molar-refractivity contribution in [1.82, 2.24) is 4.90 Å². The van der Waals surface area contributed by atoms with Gasteiger partial charge in [0.05, 0.1) is 13.2 Å². The van der Waals surface area contributed by atoms with E-state index in [0.717, 1.165) is 18.4 Å². The molecule has 0 bridgehead atoms. The number of fused-ring (bicyclic) bond motifs is 2. The monoisotopic (exact) mass is 301 g/mol. The van der Waals surface area contributed by atoms with Crippen molar-refractivity contribution in [2.45, 2.75) is 31.3 Å². The van der Waals surface area contributed by atoms with Gasteiger partial charge in [0.1, 0.15) is 11.0 Å². The number of carbonyl (C=O) groups is 2. The first-order chi connectivity index (χ1) is 10.6. The molecule has 1 saturated heterocycles. The summed E-state index contributed by atoms with van der Waals surface area (Å²) in [6.07, 6.45) is 2.72. The third-order valence-electron chi connectivity index (χ3n) is 5.35. The third kappa shape index (κ3) is 1.81. The van der Waals surface area contributed by atoms with Gasteiger partial charge in [-0.3, -0.25) is 9.59 Å². The number of rotatable bonds is 2. The SMILES string of the molecule is O=C(O)C1(C(=O)N2CCO[C@]3(CCc4ccccc43)C2)CC1. The third-order valence-corrected chi connectivity index (χ3v) is 5.35. The minimum atomic E-state index is -1.16. The fraction of sp³-hybridized carbons (Fsp3) is 0.529. The van der Waals surface area contributed by atoms with Crippen LogP contribution in [0.2, 0.25) is 0 Å². The number of aliphatic carboxylic acids is 1. The summed E-state index contributed by atoms with van der Waals surface area (Å²) in [5, 5.41) is 9.34. The van der Waals surface area contributed by atoms with Crippen molar-refractivity contribution in [2.75, 3.05) is 19.7 Å². The van der Waals surface area contributed by atoms with Gasteiger partial charge < -0.3 is 14.7 Å². The molecule has 0 aromatic heterocycles. The molecule has 1 atom stereocenters. The van der Waals surface area contributed by atoms with Gasteiger partial charge in [-0.2, -0.15) is 0 Å². The first-order valence-electron chi connectivity index (χ1n) is 7.83. The summed E-state index contributed by atoms with van der Waals surface area (Å²) in [5.74, 6) is -1.21. The first kappa shape index (κ1) is 13.8. The Labute approximate surface area is 128 Å². The van der Waals surface area contributed by atoms with Crippen molar-refractivity contribution in [3.63, 3.8) is 0 Å². The Hall–Kier alpha value is -1.88. The molecule has 0 unspecified atom stereocenters. The van der Waals surface area contributed by atoms with E-state index in [1.165, 1.54) is 5.56 Å². The molecule has 0 radical (unpaired) electrons. The average Bonchev–Trinajstić information content (AvgIpc) is 3.29. The van der Waals surface area contributed by atoms with E-state index in [2.05, 4.69) is 12.1 Å². The number of hydrogen-bond acceptors (Lipinski definition) is 3. The van der Waals surface area contributed by atoms with Gasteiger partial charge in [0.2, 0.25) is 5.91 Å². The Bertz CT molecular complexity index is 648. The Morgan fingerprint density at radius 2 is 1.95 bits per heavy atom. The van der Waals surface area contributed by atoms with Crippen molar-refractivity contribution >= 4 is 11.9 Å². The predicted octanol–water partition coefficient (Wildman–Crippen LogP) is 1.55. The number of amides is 1. The van der Waals surface area contributed by atoms with E-state index in [0.29, 0.717) is 32.5 Å². The highest BCUT2D eigenvalue weighted by atomic mass is 16.5. The molecule has 1 spiro atoms. The van der Waals surface area contributed by atoms with Crippen LogP contribution in [0.25, 0.3) is 0 Å². The van der Waals surface area contributed by atoms with Crippen molar-refractivity contribution in [1.29, 1.82) is 0 Å². The molecule has 1 amide bonds. The second kappa shape index (κ2) is 4.56. The van der Waals surface area contributed by atoms with E-state index in [-0.39, 0.29) is 5.91 Å². The zero-order valence-corrected chi connectivity index (χ0v) is 12.4. The lowest BCUT2D eigenvalue weighted by atomic mass is 9.92. The van der Waals surface area contributed by atoms with Crippen LogP contribution in [0, 0.1) is 5.41 Å². The molecule has 1 aromatic rings. The summed E-state index contributed by atoms with van der Waals surface area (Å²) in [6.45, 7) is 1.42. The fourth-order valence-electron chi connectivity index (χ4n) is 3.87. The van der Waals surface area contributed by atoms with Crippen LogP contribution < -0.4 is 0 Å². The Morgan fingerprint density at radius 1 is 1.18 bits per heavy atom. The van der Waals surface area contributed by atoms with Gasteiger partial charge in [-0.1, -0.05) is 24.3 Å². The summed E-state index contributed by atoms with van der Waals surface area (Å²) < 4.78 is 6.09. The van der Waals surface area contributed by atoms with Crippen LogP contribution in [-0.2, 0) is 26.3 Å². The second-order valence-corrected chi connectivity index (χ2v) is 6.61. The van der Waals surface area contributed by atoms with E-state index in [4.69, 9.17) is 4.74 Å². The number of ether oxygens (including phenoxy) is 1. The lowest BCUT2D eigenvalue weighted by Crippen LogP contribution is -2.53. The summed E-state index contributed by atoms with van der Waals surface area (Å²) >= 11 is 0. The molecule has 2 aliphatic carbocycles. The van der Waals surface area contributed by atoms with Crippen LogP contribution in [-0.4, -0.2) is 41.6 Å². The molecule has 2 fully saturated rings. The van der Waals surface area contributed by atoms with Gasteiger partial charge in [-0.05, 0) is 36.8 Å². The first-order valence-corrected chi connectivity index (χ1v) is 7.83. The zero-order chi connectivity index (χ0) is 15.4. The number of morpholine rings is 1. The summed E-state index contributed by atoms with van der Waals surface area (Å²) in [6, 6.07) is 8.19. The largest absolute Gasteiger partial charge is 0.480 e. The Morgan fingerprint density at radius 3 is 2.68 bits per heavy atom. The number of carboxylic acid groups (broad SMARTS) is 1. The van der Waals surface area contributed by atoms with E-state index in [1.54, 1.807) is 4.90 Å². The number of carbonyl (C=O) groups excluding carboxylic acids is 1. The molecule has 4 rings (SSSR count). The van der Waals surface area contributed by atoms with Gasteiger partial charge >= 0.3 is 5.97 Å². The van der Waals surface area contributed by atoms with Crippen LogP contribution >= 0.6 is 0 Å². The normalized spacial score (nSPS) is 28.5. The van der Waals surface area contributed by atoms with Crippen LogP contribution in [0.4, 0.5) is 0 Å². The molecule has 1 aliphatic heterocycles. The molecule has 3 aliphatic rings. The topological polar surface area (TPSA) is 66.8 Å². The number of benzene rings is 1. The molecule has 1 heterocycles. The number of carboxylic acids is 1. The van der Waals surface area contributed by atoms with Crippen molar-refractivity contribution in [3.05, 3.63) is 35.4 Å². The molecule has 22 heavy (non-hydrogen) atoms. The molecule has 116 valence electrons. The number of nitrogens with zero attached hydrogens (tertiary/aromatic N) is 1. The van der Waals surface area contributed by atoms with E-state index in [1.807, 2.05) is 12.1 Å². The zero-order valence-electron chi connectivity index (χ0n) is 12.4. The van der Waals surface area contributed by atoms with Gasteiger partial charge in [-0.25, -0.2) is 0 Å². The van der Waals surface area contributed by atoms with E-state index < -0.39 is 17.0 Å². The highest BCUT2D eigenvalue weighted by molar-refractivity contribution is 6.04. The maximum Gasteiger partial charge on any atom is 0.319 e. The Balaban J connectivity index is 1.61. The summed E-state index contributed by atoms with van der Waals surface area (Å²) in [7, 11) is 0. The van der Waals surface area contributed by atoms with E-state index >= 15 is 0 Å². The van der Waals surface area contributed by atoms with E-state index in [9.17, 15) is 14.7 Å². The predicted molar refractivity (Wildman–Crippen MR) is 78.3 cm³/mol. The fourth-order valence-corrected chi connectivity index (χ4v) is 3.87. The summed E-state index contributed by atoms with van der Waals surface area (Å²) in [5.41, 5.74) is 0.833. The van der Waals surface area contributed by atoms with Gasteiger partial charge in [0.15, 0.2) is 0 Å². The highest BCUT2D eigenvalue weighted by Gasteiger charge is 2.59. The lowest BCUT2D eigenvalue weighted by Gasteiger charge is -2.42. The van der Waals surface area contributed by atoms with Crippen molar-refractivity contribution < 1.29 is 19.4 Å². The van der Waals surface area contributed by atoms with Gasteiger partial charge in [0.25, 0.3) is 0 Å². The number of aryl methyl sites for hydroxylation is 1. The molecule has 1 aromatic carbocycles. The van der Waals surface area contributed by atoms with Gasteiger partial charge in [0, 0.05) is 6.54 Å². The minimum absolute atomic E-state index is 0.230. The molecule has 5 heteroatoms. The van der Waals surface area contributed by atoms with Crippen LogP contribution in [0.1, 0.15) is 30.4 Å². The van der Waals surface area contributed by atoms with Crippen LogP contribution in [0.15, 0.2) is 24.3 Å². The smallest absolute Gasteiger partial charge is 0.319 e. The number of hydrogen-bond donors (Lipinski definition) is 1. The molecule has 1 N–H and O–H groups in total. The quantitative estimate of drug-likeness (QED) is 0.842. The van der Waals surface area contributed by atoms with Gasteiger partial charge in [-0.15, -0.1) is 0 Å².